The van der Waals surface area contributed by atoms with Gasteiger partial charge in [-0.2, -0.15) is 0 Å². The van der Waals surface area contributed by atoms with Crippen molar-refractivity contribution in [1.29, 1.82) is 0 Å². The fraction of sp³-hybridized carbons (Fsp3) is 0.0345. The van der Waals surface area contributed by atoms with Crippen LogP contribution in [-0.4, -0.2) is 19.1 Å². The first-order valence-corrected chi connectivity index (χ1v) is 21.4. The van der Waals surface area contributed by atoms with Gasteiger partial charge in [0.05, 0.1) is 33.5 Å². The van der Waals surface area contributed by atoms with Crippen LogP contribution in [-0.2, 0) is 0 Å². The van der Waals surface area contributed by atoms with E-state index in [0.29, 0.717) is 0 Å². The fourth-order valence-corrected chi connectivity index (χ4v) is 9.53. The number of hydrogen-bond acceptors (Lipinski definition) is 2. The molecule has 62 heavy (non-hydrogen) atoms. The molecule has 0 bridgehead atoms. The van der Waals surface area contributed by atoms with Crippen molar-refractivity contribution in [3.8, 4) is 45.0 Å². The van der Waals surface area contributed by atoms with Gasteiger partial charge in [-0.15, -0.1) is 0 Å². The highest BCUT2D eigenvalue weighted by Gasteiger charge is 2.20. The van der Waals surface area contributed by atoms with Gasteiger partial charge in [-0.25, -0.2) is 9.97 Å². The lowest BCUT2D eigenvalue weighted by atomic mass is 9.89. The van der Waals surface area contributed by atoms with Crippen molar-refractivity contribution >= 4 is 49.2 Å². The highest BCUT2D eigenvalue weighted by molar-refractivity contribution is 6.16. The quantitative estimate of drug-likeness (QED) is 0.161. The molecular weight excluding hydrogens is 753 g/mol. The Morgan fingerprint density at radius 2 is 0.984 bits per heavy atom. The molecule has 292 valence electrons. The standard InChI is InChI=1S/C58H40N4/c1-4-15-41(16-5-1)51-38-52(42-17-6-2-7-18-42)60-58(59-51)43-29-27-39(28-30-43)44-33-36-55-50(37-44)48-21-10-12-24-53(48)61(55)46-34-31-40(32-35-46)47-23-14-26-56-57(47)49-22-11-13-25-54(49)62(56)45-19-8-3-9-20-45/h1-27,29-39H,28H2. The van der Waals surface area contributed by atoms with Crippen LogP contribution in [0.4, 0.5) is 0 Å². The number of benzene rings is 8. The van der Waals surface area contributed by atoms with Crippen molar-refractivity contribution in [2.45, 2.75) is 12.3 Å². The Morgan fingerprint density at radius 3 is 1.66 bits per heavy atom. The van der Waals surface area contributed by atoms with Crippen molar-refractivity contribution in [1.82, 2.24) is 19.1 Å². The molecule has 3 aromatic heterocycles. The minimum atomic E-state index is 0.242. The SMILES string of the molecule is C1=CC(c2ccc3c(c2)c2ccccc2n3-c2ccc(-c3cccc4c3c3ccccc3n4-c3ccccc3)cc2)CC=C1c1nc(-c2ccccc2)cc(-c2ccccc2)n1. The Kier molecular flexibility index (Phi) is 8.60. The second kappa shape index (κ2) is 14.9. The van der Waals surface area contributed by atoms with Crippen LogP contribution in [0.15, 0.2) is 224 Å². The zero-order chi connectivity index (χ0) is 41.0. The largest absolute Gasteiger partial charge is 0.309 e. The molecule has 1 aliphatic carbocycles. The van der Waals surface area contributed by atoms with E-state index in [1.807, 2.05) is 12.1 Å². The first kappa shape index (κ1) is 35.8. The fourth-order valence-electron chi connectivity index (χ4n) is 9.53. The van der Waals surface area contributed by atoms with Crippen LogP contribution < -0.4 is 0 Å². The minimum absolute atomic E-state index is 0.242. The molecule has 1 unspecified atom stereocenters. The first-order valence-electron chi connectivity index (χ1n) is 21.4. The molecule has 0 aliphatic heterocycles. The molecule has 11 aromatic rings. The lowest BCUT2D eigenvalue weighted by Crippen LogP contribution is -2.03. The van der Waals surface area contributed by atoms with Gasteiger partial charge in [0, 0.05) is 55.5 Å². The highest BCUT2D eigenvalue weighted by Crippen LogP contribution is 2.41. The zero-order valence-corrected chi connectivity index (χ0v) is 33.9. The molecule has 0 saturated carbocycles. The van der Waals surface area contributed by atoms with E-state index in [4.69, 9.17) is 9.97 Å². The van der Waals surface area contributed by atoms with Gasteiger partial charge in [0.25, 0.3) is 0 Å². The summed E-state index contributed by atoms with van der Waals surface area (Å²) in [5.41, 5.74) is 15.9. The number of nitrogens with zero attached hydrogens (tertiary/aromatic N) is 4. The monoisotopic (exact) mass is 792 g/mol. The molecule has 0 fully saturated rings. The second-order valence-electron chi connectivity index (χ2n) is 16.1. The van der Waals surface area contributed by atoms with Crippen LogP contribution in [0, 0.1) is 0 Å². The van der Waals surface area contributed by atoms with Gasteiger partial charge in [-0.3, -0.25) is 0 Å². The maximum Gasteiger partial charge on any atom is 0.160 e. The van der Waals surface area contributed by atoms with E-state index in [-0.39, 0.29) is 5.92 Å². The number of para-hydroxylation sites is 3. The smallest absolute Gasteiger partial charge is 0.160 e. The number of rotatable bonds is 7. The molecule has 0 saturated heterocycles. The Morgan fingerprint density at radius 1 is 0.419 bits per heavy atom. The summed E-state index contributed by atoms with van der Waals surface area (Å²) in [6.45, 7) is 0. The number of fused-ring (bicyclic) bond motifs is 6. The third-order valence-electron chi connectivity index (χ3n) is 12.5. The first-order chi connectivity index (χ1) is 30.7. The van der Waals surface area contributed by atoms with Crippen LogP contribution in [0.3, 0.4) is 0 Å². The summed E-state index contributed by atoms with van der Waals surface area (Å²) in [6, 6.07) is 73.9. The van der Waals surface area contributed by atoms with Crippen molar-refractivity contribution < 1.29 is 0 Å². The van der Waals surface area contributed by atoms with Crippen molar-refractivity contribution in [3.63, 3.8) is 0 Å². The third kappa shape index (κ3) is 6.07. The summed E-state index contributed by atoms with van der Waals surface area (Å²) in [5.74, 6) is 0.992. The zero-order valence-electron chi connectivity index (χ0n) is 33.9. The van der Waals surface area contributed by atoms with Crippen LogP contribution in [0.2, 0.25) is 0 Å². The normalized spacial score (nSPS) is 13.9. The number of allylic oxidation sites excluding steroid dienone is 4. The molecule has 1 aliphatic rings. The highest BCUT2D eigenvalue weighted by atomic mass is 15.0. The lowest BCUT2D eigenvalue weighted by molar-refractivity contribution is 0.856. The molecule has 4 nitrogen and oxygen atoms in total. The average molecular weight is 793 g/mol. The maximum absolute atomic E-state index is 5.08. The van der Waals surface area contributed by atoms with Gasteiger partial charge in [0.1, 0.15) is 0 Å². The third-order valence-corrected chi connectivity index (χ3v) is 12.5. The van der Waals surface area contributed by atoms with Crippen LogP contribution in [0.1, 0.15) is 23.7 Å². The Labute approximate surface area is 360 Å². The summed E-state index contributed by atoms with van der Waals surface area (Å²) in [4.78, 5) is 10.2. The Bertz CT molecular complexity index is 3460. The van der Waals surface area contributed by atoms with Gasteiger partial charge < -0.3 is 9.13 Å². The topological polar surface area (TPSA) is 35.6 Å². The number of hydrogen-bond donors (Lipinski definition) is 0. The molecule has 4 heteroatoms. The van der Waals surface area contributed by atoms with Gasteiger partial charge in [-0.1, -0.05) is 164 Å². The van der Waals surface area contributed by atoms with Gasteiger partial charge in [0.15, 0.2) is 5.82 Å². The Hall–Kier alpha value is -8.08. The maximum atomic E-state index is 5.08. The van der Waals surface area contributed by atoms with E-state index >= 15 is 0 Å². The predicted molar refractivity (Wildman–Crippen MR) is 258 cm³/mol. The summed E-state index contributed by atoms with van der Waals surface area (Å²) < 4.78 is 4.80. The summed E-state index contributed by atoms with van der Waals surface area (Å²) in [7, 11) is 0. The van der Waals surface area contributed by atoms with Crippen molar-refractivity contribution in [2.75, 3.05) is 0 Å². The lowest BCUT2D eigenvalue weighted by Gasteiger charge is -2.18. The number of aromatic nitrogens is 4. The molecule has 0 amide bonds. The second-order valence-corrected chi connectivity index (χ2v) is 16.1. The van der Waals surface area contributed by atoms with E-state index < -0.39 is 0 Å². The molecule has 0 spiro atoms. The van der Waals surface area contributed by atoms with Crippen LogP contribution >= 0.6 is 0 Å². The van der Waals surface area contributed by atoms with Gasteiger partial charge in [0.2, 0.25) is 0 Å². The van der Waals surface area contributed by atoms with Crippen LogP contribution in [0.25, 0.3) is 94.2 Å². The molecule has 0 N–H and O–H groups in total. The van der Waals surface area contributed by atoms with Crippen molar-refractivity contribution in [2.24, 2.45) is 0 Å². The molecule has 12 rings (SSSR count). The summed E-state index contributed by atoms with van der Waals surface area (Å²) in [5, 5.41) is 5.04. The van der Waals surface area contributed by atoms with E-state index in [2.05, 4.69) is 221 Å². The van der Waals surface area contributed by atoms with Crippen LogP contribution in [0.5, 0.6) is 0 Å². The summed E-state index contributed by atoms with van der Waals surface area (Å²) in [6.07, 6.45) is 7.71. The Balaban J connectivity index is 0.882. The molecule has 0 radical (unpaired) electrons. The van der Waals surface area contributed by atoms with E-state index in [9.17, 15) is 0 Å². The predicted octanol–water partition coefficient (Wildman–Crippen LogP) is 14.8. The van der Waals surface area contributed by atoms with E-state index in [1.165, 1.54) is 66.0 Å². The van der Waals surface area contributed by atoms with E-state index in [1.54, 1.807) is 0 Å². The molecule has 1 atom stereocenters. The molecule has 8 aromatic carbocycles. The van der Waals surface area contributed by atoms with Crippen molar-refractivity contribution in [3.05, 3.63) is 236 Å². The molecular formula is C58H40N4. The minimum Gasteiger partial charge on any atom is -0.309 e. The van der Waals surface area contributed by atoms with E-state index in [0.717, 1.165) is 46.0 Å². The average Bonchev–Trinajstić information content (AvgIpc) is 3.88. The van der Waals surface area contributed by atoms with Gasteiger partial charge >= 0.3 is 0 Å². The summed E-state index contributed by atoms with van der Waals surface area (Å²) >= 11 is 0. The molecule has 3 heterocycles. The van der Waals surface area contributed by atoms with Gasteiger partial charge in [-0.05, 0) is 83.8 Å².